The van der Waals surface area contributed by atoms with E-state index in [0.29, 0.717) is 6.04 Å². The summed E-state index contributed by atoms with van der Waals surface area (Å²) < 4.78 is 0. The fourth-order valence-electron chi connectivity index (χ4n) is 2.86. The van der Waals surface area contributed by atoms with Gasteiger partial charge < -0.3 is 5.73 Å². The van der Waals surface area contributed by atoms with Gasteiger partial charge >= 0.3 is 0 Å². The summed E-state index contributed by atoms with van der Waals surface area (Å²) in [6.07, 6.45) is 6.64. The molecule has 0 aromatic rings. The zero-order valence-electron chi connectivity index (χ0n) is 12.3. The highest BCUT2D eigenvalue weighted by molar-refractivity contribution is 4.91. The first-order valence-corrected chi connectivity index (χ1v) is 7.59. The van der Waals surface area contributed by atoms with Gasteiger partial charge in [-0.25, -0.2) is 0 Å². The second kappa shape index (κ2) is 7.38. The van der Waals surface area contributed by atoms with E-state index in [0.717, 1.165) is 24.4 Å². The fourth-order valence-corrected chi connectivity index (χ4v) is 2.86. The fraction of sp³-hybridized carbons (Fsp3) is 1.00. The number of nitrogens with zero attached hydrogens (tertiary/aromatic N) is 1. The summed E-state index contributed by atoms with van der Waals surface area (Å²) in [6, 6.07) is 1.47. The van der Waals surface area contributed by atoms with Gasteiger partial charge in [0.05, 0.1) is 0 Å². The van der Waals surface area contributed by atoms with Crippen molar-refractivity contribution in [3.8, 4) is 0 Å². The lowest BCUT2D eigenvalue weighted by Gasteiger charge is -2.36. The van der Waals surface area contributed by atoms with Crippen molar-refractivity contribution in [1.82, 2.24) is 4.90 Å². The Balaban J connectivity index is 2.58. The first kappa shape index (κ1) is 15.0. The molecule has 0 radical (unpaired) electrons. The molecule has 0 amide bonds. The van der Waals surface area contributed by atoms with Gasteiger partial charge in [-0.1, -0.05) is 40.5 Å². The number of hydrogen-bond acceptors (Lipinski definition) is 2. The largest absolute Gasteiger partial charge is 0.329 e. The van der Waals surface area contributed by atoms with Crippen molar-refractivity contribution < 1.29 is 0 Å². The zero-order chi connectivity index (χ0) is 12.8. The van der Waals surface area contributed by atoms with Crippen LogP contribution in [0.4, 0.5) is 0 Å². The lowest BCUT2D eigenvalue weighted by Crippen LogP contribution is -2.47. The Hall–Kier alpha value is -0.0800. The highest BCUT2D eigenvalue weighted by Gasteiger charge is 2.35. The quantitative estimate of drug-likeness (QED) is 0.670. The minimum Gasteiger partial charge on any atom is -0.329 e. The summed E-state index contributed by atoms with van der Waals surface area (Å²) in [7, 11) is 0. The summed E-state index contributed by atoms with van der Waals surface area (Å²) in [5.41, 5.74) is 6.06. The molecule has 0 spiro atoms. The first-order valence-electron chi connectivity index (χ1n) is 7.59. The normalized spacial score (nSPS) is 18.4. The molecular formula is C15H32N2. The van der Waals surface area contributed by atoms with Crippen LogP contribution in [0.3, 0.4) is 0 Å². The van der Waals surface area contributed by atoms with Crippen molar-refractivity contribution in [2.45, 2.75) is 71.9 Å². The molecule has 1 atom stereocenters. The molecule has 0 heterocycles. The van der Waals surface area contributed by atoms with Gasteiger partial charge in [0.1, 0.15) is 0 Å². The minimum atomic E-state index is 0.622. The highest BCUT2D eigenvalue weighted by atomic mass is 15.2. The van der Waals surface area contributed by atoms with E-state index in [1.54, 1.807) is 0 Å². The van der Waals surface area contributed by atoms with Crippen molar-refractivity contribution in [3.63, 3.8) is 0 Å². The molecule has 1 saturated carbocycles. The number of nitrogens with two attached hydrogens (primary N) is 1. The SMILES string of the molecule is CCC(CC)C(CN)N(CCC(C)C)C1CC1. The maximum atomic E-state index is 6.06. The van der Waals surface area contributed by atoms with Crippen LogP contribution in [0.25, 0.3) is 0 Å². The Morgan fingerprint density at radius 1 is 1.18 bits per heavy atom. The Morgan fingerprint density at radius 3 is 2.12 bits per heavy atom. The maximum Gasteiger partial charge on any atom is 0.0249 e. The smallest absolute Gasteiger partial charge is 0.0249 e. The molecule has 102 valence electrons. The monoisotopic (exact) mass is 240 g/mol. The molecule has 1 aliphatic carbocycles. The summed E-state index contributed by atoms with van der Waals surface area (Å²) in [4.78, 5) is 2.73. The molecule has 2 heteroatoms. The molecular weight excluding hydrogens is 208 g/mol. The molecule has 1 aliphatic rings. The van der Waals surface area contributed by atoms with Crippen LogP contribution in [-0.2, 0) is 0 Å². The Kier molecular flexibility index (Phi) is 6.50. The third-order valence-corrected chi connectivity index (χ3v) is 4.24. The van der Waals surface area contributed by atoms with Gasteiger partial charge in [-0.15, -0.1) is 0 Å². The predicted molar refractivity (Wildman–Crippen MR) is 76.1 cm³/mol. The standard InChI is InChI=1S/C15H32N2/c1-5-13(6-2)15(11-16)17(14-7-8-14)10-9-12(3)4/h12-15H,5-11,16H2,1-4H3. The van der Waals surface area contributed by atoms with Gasteiger partial charge in [-0.2, -0.15) is 0 Å². The van der Waals surface area contributed by atoms with E-state index in [4.69, 9.17) is 5.73 Å². The summed E-state index contributed by atoms with van der Waals surface area (Å²) in [5, 5.41) is 0. The van der Waals surface area contributed by atoms with Crippen molar-refractivity contribution in [2.75, 3.05) is 13.1 Å². The van der Waals surface area contributed by atoms with Crippen LogP contribution < -0.4 is 5.73 Å². The molecule has 0 aliphatic heterocycles. The Labute approximate surface area is 108 Å². The van der Waals surface area contributed by atoms with Crippen LogP contribution >= 0.6 is 0 Å². The molecule has 0 saturated heterocycles. The summed E-state index contributed by atoms with van der Waals surface area (Å²) in [6.45, 7) is 11.3. The number of rotatable bonds is 9. The second-order valence-electron chi connectivity index (χ2n) is 6.03. The molecule has 1 unspecified atom stereocenters. The molecule has 2 N–H and O–H groups in total. The average molecular weight is 240 g/mol. The van der Waals surface area contributed by atoms with Gasteiger partial charge in [-0.05, 0) is 37.6 Å². The van der Waals surface area contributed by atoms with Crippen molar-refractivity contribution in [1.29, 1.82) is 0 Å². The average Bonchev–Trinajstić information content (AvgIpc) is 3.12. The van der Waals surface area contributed by atoms with E-state index in [1.165, 1.54) is 38.6 Å². The third-order valence-electron chi connectivity index (χ3n) is 4.24. The maximum absolute atomic E-state index is 6.06. The van der Waals surface area contributed by atoms with E-state index in [-0.39, 0.29) is 0 Å². The van der Waals surface area contributed by atoms with Gasteiger partial charge in [0, 0.05) is 18.6 Å². The van der Waals surface area contributed by atoms with E-state index in [9.17, 15) is 0 Å². The van der Waals surface area contributed by atoms with Crippen LogP contribution in [0.15, 0.2) is 0 Å². The topological polar surface area (TPSA) is 29.3 Å². The Bertz CT molecular complexity index is 195. The molecule has 1 rings (SSSR count). The highest BCUT2D eigenvalue weighted by Crippen LogP contribution is 2.32. The molecule has 17 heavy (non-hydrogen) atoms. The second-order valence-corrected chi connectivity index (χ2v) is 6.03. The molecule has 0 aromatic heterocycles. The molecule has 2 nitrogen and oxygen atoms in total. The van der Waals surface area contributed by atoms with Crippen molar-refractivity contribution >= 4 is 0 Å². The van der Waals surface area contributed by atoms with E-state index in [2.05, 4.69) is 32.6 Å². The molecule has 0 bridgehead atoms. The van der Waals surface area contributed by atoms with Crippen molar-refractivity contribution in [2.24, 2.45) is 17.6 Å². The van der Waals surface area contributed by atoms with Crippen LogP contribution in [0.1, 0.15) is 59.8 Å². The van der Waals surface area contributed by atoms with Crippen LogP contribution in [-0.4, -0.2) is 30.1 Å². The van der Waals surface area contributed by atoms with Crippen LogP contribution in [0.2, 0.25) is 0 Å². The van der Waals surface area contributed by atoms with E-state index < -0.39 is 0 Å². The van der Waals surface area contributed by atoms with Crippen molar-refractivity contribution in [3.05, 3.63) is 0 Å². The van der Waals surface area contributed by atoms with Crippen LogP contribution in [0, 0.1) is 11.8 Å². The van der Waals surface area contributed by atoms with E-state index >= 15 is 0 Å². The lowest BCUT2D eigenvalue weighted by molar-refractivity contribution is 0.124. The van der Waals surface area contributed by atoms with Crippen LogP contribution in [0.5, 0.6) is 0 Å². The van der Waals surface area contributed by atoms with Gasteiger partial charge in [0.2, 0.25) is 0 Å². The molecule has 1 fully saturated rings. The summed E-state index contributed by atoms with van der Waals surface area (Å²) >= 11 is 0. The van der Waals surface area contributed by atoms with Gasteiger partial charge in [0.15, 0.2) is 0 Å². The predicted octanol–water partition coefficient (Wildman–Crippen LogP) is 3.26. The number of hydrogen-bond donors (Lipinski definition) is 1. The lowest BCUT2D eigenvalue weighted by atomic mass is 9.92. The van der Waals surface area contributed by atoms with Gasteiger partial charge in [-0.3, -0.25) is 4.90 Å². The molecule has 0 aromatic carbocycles. The zero-order valence-corrected chi connectivity index (χ0v) is 12.3. The van der Waals surface area contributed by atoms with E-state index in [1.807, 2.05) is 0 Å². The first-order chi connectivity index (χ1) is 8.13. The summed E-state index contributed by atoms with van der Waals surface area (Å²) in [5.74, 6) is 1.59. The Morgan fingerprint density at radius 2 is 1.76 bits per heavy atom. The minimum absolute atomic E-state index is 0.622. The third kappa shape index (κ3) is 4.59. The van der Waals surface area contributed by atoms with Gasteiger partial charge in [0.25, 0.3) is 0 Å².